The minimum atomic E-state index is 0.517. The van der Waals surface area contributed by atoms with Gasteiger partial charge in [0.2, 0.25) is 0 Å². The molecule has 1 heterocycles. The molecule has 2 rings (SSSR count). The van der Waals surface area contributed by atoms with Gasteiger partial charge in [-0.3, -0.25) is 4.90 Å². The molecule has 1 aromatic carbocycles. The SMILES string of the molecule is CCCc1ccc(C(C)N(CCC)CC2CCCN2)cc1. The van der Waals surface area contributed by atoms with Crippen LogP contribution in [0.25, 0.3) is 0 Å². The van der Waals surface area contributed by atoms with Crippen LogP contribution in [-0.4, -0.2) is 30.6 Å². The van der Waals surface area contributed by atoms with Crippen LogP contribution >= 0.6 is 0 Å². The lowest BCUT2D eigenvalue weighted by Gasteiger charge is -2.31. The second-order valence-electron chi connectivity index (χ2n) is 6.46. The normalized spacial score (nSPS) is 20.1. The smallest absolute Gasteiger partial charge is 0.0320 e. The average molecular weight is 288 g/mol. The summed E-state index contributed by atoms with van der Waals surface area (Å²) in [6.45, 7) is 10.5. The molecule has 1 aliphatic heterocycles. The van der Waals surface area contributed by atoms with Crippen molar-refractivity contribution in [1.29, 1.82) is 0 Å². The molecule has 2 atom stereocenters. The quantitative estimate of drug-likeness (QED) is 0.772. The van der Waals surface area contributed by atoms with E-state index in [2.05, 4.69) is 55.3 Å². The van der Waals surface area contributed by atoms with E-state index in [9.17, 15) is 0 Å². The predicted octanol–water partition coefficient (Wildman–Crippen LogP) is 4.16. The fourth-order valence-corrected chi connectivity index (χ4v) is 3.39. The maximum atomic E-state index is 3.64. The molecule has 2 unspecified atom stereocenters. The summed E-state index contributed by atoms with van der Waals surface area (Å²) >= 11 is 0. The monoisotopic (exact) mass is 288 g/mol. The third-order valence-electron chi connectivity index (χ3n) is 4.68. The molecule has 0 spiro atoms. The molecule has 1 fully saturated rings. The number of nitrogens with zero attached hydrogens (tertiary/aromatic N) is 1. The molecule has 2 nitrogen and oxygen atoms in total. The number of hydrogen-bond donors (Lipinski definition) is 1. The van der Waals surface area contributed by atoms with Crippen molar-refractivity contribution < 1.29 is 0 Å². The third kappa shape index (κ3) is 4.82. The molecule has 0 radical (unpaired) electrons. The van der Waals surface area contributed by atoms with Crippen LogP contribution in [0, 0.1) is 0 Å². The van der Waals surface area contributed by atoms with Crippen molar-refractivity contribution >= 4 is 0 Å². The van der Waals surface area contributed by atoms with Crippen molar-refractivity contribution in [3.05, 3.63) is 35.4 Å². The Hall–Kier alpha value is -0.860. The van der Waals surface area contributed by atoms with E-state index in [-0.39, 0.29) is 0 Å². The van der Waals surface area contributed by atoms with E-state index in [1.54, 1.807) is 0 Å². The summed E-state index contributed by atoms with van der Waals surface area (Å²) in [6.07, 6.45) is 6.32. The van der Waals surface area contributed by atoms with Crippen molar-refractivity contribution in [1.82, 2.24) is 10.2 Å². The molecule has 1 aromatic rings. The summed E-state index contributed by atoms with van der Waals surface area (Å²) in [5, 5.41) is 3.64. The maximum Gasteiger partial charge on any atom is 0.0320 e. The molecular weight excluding hydrogens is 256 g/mol. The summed E-state index contributed by atoms with van der Waals surface area (Å²) in [5.74, 6) is 0. The molecule has 0 amide bonds. The molecule has 0 saturated carbocycles. The first-order chi connectivity index (χ1) is 10.2. The average Bonchev–Trinajstić information content (AvgIpc) is 3.00. The first-order valence-corrected chi connectivity index (χ1v) is 8.80. The van der Waals surface area contributed by atoms with Crippen LogP contribution in [0.15, 0.2) is 24.3 Å². The number of nitrogens with one attached hydrogen (secondary N) is 1. The van der Waals surface area contributed by atoms with Gasteiger partial charge < -0.3 is 5.32 Å². The standard InChI is InChI=1S/C19H32N2/c1-4-7-17-9-11-18(12-10-17)16(3)21(14-5-2)15-19-8-6-13-20-19/h9-12,16,19-20H,4-8,13-15H2,1-3H3. The Bertz CT molecular complexity index is 393. The second-order valence-corrected chi connectivity index (χ2v) is 6.46. The topological polar surface area (TPSA) is 15.3 Å². The molecule has 0 bridgehead atoms. The van der Waals surface area contributed by atoms with Crippen molar-refractivity contribution in [3.63, 3.8) is 0 Å². The van der Waals surface area contributed by atoms with E-state index in [1.807, 2.05) is 0 Å². The fourth-order valence-electron chi connectivity index (χ4n) is 3.39. The lowest BCUT2D eigenvalue weighted by molar-refractivity contribution is 0.192. The van der Waals surface area contributed by atoms with Crippen LogP contribution < -0.4 is 5.32 Å². The van der Waals surface area contributed by atoms with Gasteiger partial charge in [-0.25, -0.2) is 0 Å². The van der Waals surface area contributed by atoms with Gasteiger partial charge >= 0.3 is 0 Å². The Kier molecular flexibility index (Phi) is 6.72. The molecule has 0 aliphatic carbocycles. The number of aryl methyl sites for hydroxylation is 1. The van der Waals surface area contributed by atoms with Gasteiger partial charge in [0.15, 0.2) is 0 Å². The van der Waals surface area contributed by atoms with Crippen molar-refractivity contribution in [2.24, 2.45) is 0 Å². The van der Waals surface area contributed by atoms with Crippen LogP contribution in [0.3, 0.4) is 0 Å². The first kappa shape index (κ1) is 16.5. The van der Waals surface area contributed by atoms with Gasteiger partial charge in [-0.05, 0) is 56.8 Å². The van der Waals surface area contributed by atoms with Crippen LogP contribution in [0.5, 0.6) is 0 Å². The van der Waals surface area contributed by atoms with E-state index in [4.69, 9.17) is 0 Å². The van der Waals surface area contributed by atoms with Gasteiger partial charge in [0.05, 0.1) is 0 Å². The number of hydrogen-bond acceptors (Lipinski definition) is 2. The molecule has 118 valence electrons. The first-order valence-electron chi connectivity index (χ1n) is 8.80. The van der Waals surface area contributed by atoms with Crippen molar-refractivity contribution in [2.75, 3.05) is 19.6 Å². The van der Waals surface area contributed by atoms with E-state index >= 15 is 0 Å². The van der Waals surface area contributed by atoms with E-state index in [0.29, 0.717) is 12.1 Å². The van der Waals surface area contributed by atoms with Gasteiger partial charge in [0.25, 0.3) is 0 Å². The summed E-state index contributed by atoms with van der Waals surface area (Å²) < 4.78 is 0. The largest absolute Gasteiger partial charge is 0.313 e. The van der Waals surface area contributed by atoms with Crippen LogP contribution in [0.2, 0.25) is 0 Å². The zero-order valence-corrected chi connectivity index (χ0v) is 14.1. The van der Waals surface area contributed by atoms with Crippen LogP contribution in [-0.2, 0) is 6.42 Å². The van der Waals surface area contributed by atoms with Gasteiger partial charge in [-0.1, -0.05) is 44.5 Å². The molecular formula is C19H32N2. The number of benzene rings is 1. The number of rotatable bonds is 8. The Morgan fingerprint density at radius 2 is 1.95 bits per heavy atom. The highest BCUT2D eigenvalue weighted by atomic mass is 15.2. The Morgan fingerprint density at radius 3 is 2.52 bits per heavy atom. The zero-order valence-electron chi connectivity index (χ0n) is 14.1. The van der Waals surface area contributed by atoms with E-state index in [1.165, 1.54) is 62.9 Å². The lowest BCUT2D eigenvalue weighted by atomic mass is 10.0. The third-order valence-corrected chi connectivity index (χ3v) is 4.68. The van der Waals surface area contributed by atoms with Crippen molar-refractivity contribution in [3.8, 4) is 0 Å². The van der Waals surface area contributed by atoms with Crippen molar-refractivity contribution in [2.45, 2.75) is 65.0 Å². The highest BCUT2D eigenvalue weighted by molar-refractivity contribution is 5.25. The Morgan fingerprint density at radius 1 is 1.19 bits per heavy atom. The molecule has 0 aromatic heterocycles. The highest BCUT2D eigenvalue weighted by Gasteiger charge is 2.21. The summed E-state index contributed by atoms with van der Waals surface area (Å²) in [7, 11) is 0. The van der Waals surface area contributed by atoms with E-state index < -0.39 is 0 Å². The summed E-state index contributed by atoms with van der Waals surface area (Å²) in [6, 6.07) is 10.5. The molecule has 2 heteroatoms. The van der Waals surface area contributed by atoms with Gasteiger partial charge in [0, 0.05) is 18.6 Å². The molecule has 1 N–H and O–H groups in total. The molecule has 1 aliphatic rings. The predicted molar refractivity (Wildman–Crippen MR) is 91.7 cm³/mol. The van der Waals surface area contributed by atoms with Crippen LogP contribution in [0.1, 0.15) is 63.6 Å². The second kappa shape index (κ2) is 8.55. The van der Waals surface area contributed by atoms with Gasteiger partial charge in [0.1, 0.15) is 0 Å². The Labute approximate surface area is 130 Å². The molecule has 21 heavy (non-hydrogen) atoms. The molecule has 1 saturated heterocycles. The summed E-state index contributed by atoms with van der Waals surface area (Å²) in [5.41, 5.74) is 2.93. The lowest BCUT2D eigenvalue weighted by Crippen LogP contribution is -2.39. The minimum Gasteiger partial charge on any atom is -0.313 e. The van der Waals surface area contributed by atoms with Crippen LogP contribution in [0.4, 0.5) is 0 Å². The Balaban J connectivity index is 2.00. The van der Waals surface area contributed by atoms with Gasteiger partial charge in [-0.2, -0.15) is 0 Å². The summed E-state index contributed by atoms with van der Waals surface area (Å²) in [4.78, 5) is 2.65. The zero-order chi connectivity index (χ0) is 15.1. The fraction of sp³-hybridized carbons (Fsp3) is 0.684. The highest BCUT2D eigenvalue weighted by Crippen LogP contribution is 2.22. The van der Waals surface area contributed by atoms with Gasteiger partial charge in [-0.15, -0.1) is 0 Å². The minimum absolute atomic E-state index is 0.517. The maximum absolute atomic E-state index is 3.64. The van der Waals surface area contributed by atoms with E-state index in [0.717, 1.165) is 0 Å².